The molecule has 4 N–H and O–H groups in total. The Morgan fingerprint density at radius 3 is 2.37 bits per heavy atom. The van der Waals surface area contributed by atoms with E-state index in [1.165, 1.54) is 17.9 Å². The molecule has 0 radical (unpaired) electrons. The Morgan fingerprint density at radius 2 is 1.83 bits per heavy atom. The van der Waals surface area contributed by atoms with Crippen LogP contribution in [0.3, 0.4) is 0 Å². The summed E-state index contributed by atoms with van der Waals surface area (Å²) in [7, 11) is 1.47. The SMILES string of the molecule is CC(C(=O)NC1CCC(NC(=O)CN(C)C(N)=O)c2ccccc21)n1cc(Cl)cn1. The van der Waals surface area contributed by atoms with Crippen LogP contribution in [-0.2, 0) is 9.59 Å². The molecule has 0 bridgehead atoms. The quantitative estimate of drug-likeness (QED) is 0.645. The Labute approximate surface area is 179 Å². The van der Waals surface area contributed by atoms with Gasteiger partial charge in [0.15, 0.2) is 0 Å². The number of carbonyl (C=O) groups excluding carboxylic acids is 3. The number of benzene rings is 1. The largest absolute Gasteiger partial charge is 0.351 e. The monoisotopic (exact) mass is 432 g/mol. The number of amides is 4. The van der Waals surface area contributed by atoms with Gasteiger partial charge in [-0.25, -0.2) is 4.79 Å². The minimum atomic E-state index is -0.662. The normalized spacial score (nSPS) is 18.8. The molecule has 0 spiro atoms. The predicted octanol–water partition coefficient (Wildman–Crippen LogP) is 1.92. The van der Waals surface area contributed by atoms with Crippen molar-refractivity contribution in [3.05, 3.63) is 52.8 Å². The molecule has 0 aliphatic heterocycles. The first-order chi connectivity index (χ1) is 14.3. The lowest BCUT2D eigenvalue weighted by Crippen LogP contribution is -2.43. The summed E-state index contributed by atoms with van der Waals surface area (Å²) in [4.78, 5) is 37.3. The third kappa shape index (κ3) is 4.91. The van der Waals surface area contributed by atoms with E-state index in [9.17, 15) is 14.4 Å². The van der Waals surface area contributed by atoms with E-state index in [4.69, 9.17) is 17.3 Å². The first kappa shape index (κ1) is 21.6. The summed E-state index contributed by atoms with van der Waals surface area (Å²) in [6.07, 6.45) is 4.40. The van der Waals surface area contributed by atoms with Crippen molar-refractivity contribution >= 4 is 29.4 Å². The summed E-state index contributed by atoms with van der Waals surface area (Å²) in [5.41, 5.74) is 7.08. The molecule has 1 heterocycles. The molecule has 4 amide bonds. The fraction of sp³-hybridized carbons (Fsp3) is 0.400. The standard InChI is InChI=1S/C20H25ClN6O3/c1-12(27-10-13(21)9-23-27)19(29)25-17-8-7-16(14-5-3-4-6-15(14)17)24-18(28)11-26(2)20(22)30/h3-6,9-10,12,16-17H,7-8,11H2,1-2H3,(H2,22,30)(H,24,28)(H,25,29). The second-order valence-corrected chi connectivity index (χ2v) is 7.83. The molecule has 30 heavy (non-hydrogen) atoms. The van der Waals surface area contributed by atoms with Crippen LogP contribution in [0, 0.1) is 0 Å². The Balaban J connectivity index is 1.69. The number of nitrogens with one attached hydrogen (secondary N) is 2. The highest BCUT2D eigenvalue weighted by molar-refractivity contribution is 6.30. The van der Waals surface area contributed by atoms with Crippen molar-refractivity contribution in [1.82, 2.24) is 25.3 Å². The second-order valence-electron chi connectivity index (χ2n) is 7.40. The molecule has 1 aromatic heterocycles. The zero-order valence-electron chi connectivity index (χ0n) is 16.8. The Hall–Kier alpha value is -3.07. The number of urea groups is 1. The van der Waals surface area contributed by atoms with Crippen LogP contribution in [0.25, 0.3) is 0 Å². The van der Waals surface area contributed by atoms with Gasteiger partial charge in [0, 0.05) is 13.2 Å². The average molecular weight is 433 g/mol. The van der Waals surface area contributed by atoms with Gasteiger partial charge in [0.05, 0.1) is 23.3 Å². The van der Waals surface area contributed by atoms with Crippen LogP contribution in [0.15, 0.2) is 36.7 Å². The van der Waals surface area contributed by atoms with Crippen LogP contribution in [0.1, 0.15) is 49.0 Å². The van der Waals surface area contributed by atoms with Crippen LogP contribution in [0.2, 0.25) is 5.02 Å². The van der Waals surface area contributed by atoms with Gasteiger partial charge in [-0.1, -0.05) is 35.9 Å². The van der Waals surface area contributed by atoms with Crippen molar-refractivity contribution in [2.24, 2.45) is 5.73 Å². The molecule has 3 rings (SSSR count). The molecule has 160 valence electrons. The zero-order chi connectivity index (χ0) is 21.8. The highest BCUT2D eigenvalue weighted by Gasteiger charge is 2.30. The lowest BCUT2D eigenvalue weighted by Gasteiger charge is -2.33. The van der Waals surface area contributed by atoms with E-state index < -0.39 is 12.1 Å². The topological polar surface area (TPSA) is 122 Å². The average Bonchev–Trinajstić information content (AvgIpc) is 3.15. The number of fused-ring (bicyclic) bond motifs is 1. The summed E-state index contributed by atoms with van der Waals surface area (Å²) >= 11 is 5.90. The summed E-state index contributed by atoms with van der Waals surface area (Å²) < 4.78 is 1.52. The van der Waals surface area contributed by atoms with Gasteiger partial charge in [-0.3, -0.25) is 14.3 Å². The summed E-state index contributed by atoms with van der Waals surface area (Å²) in [5.74, 6) is -0.456. The fourth-order valence-electron chi connectivity index (χ4n) is 3.56. The Kier molecular flexibility index (Phi) is 6.61. The zero-order valence-corrected chi connectivity index (χ0v) is 17.6. The van der Waals surface area contributed by atoms with Crippen LogP contribution >= 0.6 is 11.6 Å². The molecule has 2 aromatic rings. The number of primary amides is 1. The molecule has 10 heteroatoms. The minimum absolute atomic E-state index is 0.113. The number of halogens is 1. The molecule has 1 aromatic carbocycles. The molecule has 0 saturated heterocycles. The molecule has 3 unspecified atom stereocenters. The van der Waals surface area contributed by atoms with E-state index in [2.05, 4.69) is 15.7 Å². The van der Waals surface area contributed by atoms with E-state index in [1.807, 2.05) is 24.3 Å². The molecule has 3 atom stereocenters. The molecule has 9 nitrogen and oxygen atoms in total. The first-order valence-corrected chi connectivity index (χ1v) is 10.0. The highest BCUT2D eigenvalue weighted by Crippen LogP contribution is 2.36. The van der Waals surface area contributed by atoms with Crippen molar-refractivity contribution in [1.29, 1.82) is 0 Å². The van der Waals surface area contributed by atoms with E-state index in [0.29, 0.717) is 17.9 Å². The Morgan fingerprint density at radius 1 is 1.23 bits per heavy atom. The Bertz CT molecular complexity index is 946. The first-order valence-electron chi connectivity index (χ1n) is 9.65. The van der Waals surface area contributed by atoms with Crippen molar-refractivity contribution < 1.29 is 14.4 Å². The maximum Gasteiger partial charge on any atom is 0.314 e. The molecule has 0 saturated carbocycles. The molecular formula is C20H25ClN6O3. The number of hydrogen-bond donors (Lipinski definition) is 3. The van der Waals surface area contributed by atoms with Gasteiger partial charge in [-0.05, 0) is 30.9 Å². The molecule has 1 aliphatic rings. The number of aromatic nitrogens is 2. The number of nitrogens with two attached hydrogens (primary N) is 1. The molecule has 1 aliphatic carbocycles. The van der Waals surface area contributed by atoms with Gasteiger partial charge in [-0.2, -0.15) is 5.10 Å². The minimum Gasteiger partial charge on any atom is -0.351 e. The van der Waals surface area contributed by atoms with Crippen molar-refractivity contribution in [2.45, 2.75) is 37.9 Å². The summed E-state index contributed by atoms with van der Waals surface area (Å²) in [5, 5.41) is 10.6. The van der Waals surface area contributed by atoms with E-state index in [1.54, 1.807) is 13.1 Å². The highest BCUT2D eigenvalue weighted by atomic mass is 35.5. The third-order valence-corrected chi connectivity index (χ3v) is 5.44. The van der Waals surface area contributed by atoms with Crippen LogP contribution < -0.4 is 16.4 Å². The fourth-order valence-corrected chi connectivity index (χ4v) is 3.71. The van der Waals surface area contributed by atoms with Gasteiger partial charge in [0.25, 0.3) is 0 Å². The second kappa shape index (κ2) is 9.17. The maximum atomic E-state index is 12.7. The summed E-state index contributed by atoms with van der Waals surface area (Å²) in [6.45, 7) is 1.64. The predicted molar refractivity (Wildman–Crippen MR) is 112 cm³/mol. The third-order valence-electron chi connectivity index (χ3n) is 5.25. The lowest BCUT2D eigenvalue weighted by atomic mass is 9.84. The lowest BCUT2D eigenvalue weighted by molar-refractivity contribution is -0.125. The van der Waals surface area contributed by atoms with Crippen LogP contribution in [0.5, 0.6) is 0 Å². The van der Waals surface area contributed by atoms with Crippen LogP contribution in [-0.4, -0.2) is 46.1 Å². The number of hydrogen-bond acceptors (Lipinski definition) is 4. The van der Waals surface area contributed by atoms with Crippen molar-refractivity contribution in [3.8, 4) is 0 Å². The number of carbonyl (C=O) groups is 3. The van der Waals surface area contributed by atoms with Gasteiger partial charge >= 0.3 is 6.03 Å². The van der Waals surface area contributed by atoms with Crippen molar-refractivity contribution in [3.63, 3.8) is 0 Å². The maximum absolute atomic E-state index is 12.7. The molecular weight excluding hydrogens is 408 g/mol. The number of nitrogens with zero attached hydrogens (tertiary/aromatic N) is 3. The van der Waals surface area contributed by atoms with Gasteiger partial charge in [0.2, 0.25) is 11.8 Å². The van der Waals surface area contributed by atoms with E-state index in [-0.39, 0.29) is 30.4 Å². The van der Waals surface area contributed by atoms with Gasteiger partial charge < -0.3 is 21.3 Å². The van der Waals surface area contributed by atoms with E-state index >= 15 is 0 Å². The molecule has 0 fully saturated rings. The van der Waals surface area contributed by atoms with E-state index in [0.717, 1.165) is 16.0 Å². The number of rotatable bonds is 6. The van der Waals surface area contributed by atoms with Crippen molar-refractivity contribution in [2.75, 3.05) is 13.6 Å². The van der Waals surface area contributed by atoms with Crippen LogP contribution in [0.4, 0.5) is 4.79 Å². The smallest absolute Gasteiger partial charge is 0.314 e. The number of likely N-dealkylation sites (N-methyl/N-ethyl adjacent to an activating group) is 1. The van der Waals surface area contributed by atoms with Gasteiger partial charge in [0.1, 0.15) is 12.6 Å². The van der Waals surface area contributed by atoms with Gasteiger partial charge in [-0.15, -0.1) is 0 Å². The summed E-state index contributed by atoms with van der Waals surface area (Å²) in [6, 6.07) is 6.13.